The summed E-state index contributed by atoms with van der Waals surface area (Å²) in [4.78, 5) is 29.9. The number of rotatable bonds is 11. The normalized spacial score (nSPS) is 11.3. The van der Waals surface area contributed by atoms with Crippen molar-refractivity contribution in [1.29, 1.82) is 0 Å². The number of anilines is 1. The van der Waals surface area contributed by atoms with Gasteiger partial charge in [0.05, 0.1) is 17.8 Å². The second-order valence-corrected chi connectivity index (χ2v) is 9.73. The van der Waals surface area contributed by atoms with Crippen LogP contribution >= 0.6 is 11.3 Å². The Labute approximate surface area is 238 Å². The number of aromatic nitrogens is 3. The van der Waals surface area contributed by atoms with Crippen LogP contribution in [0.4, 0.5) is 9.52 Å². The van der Waals surface area contributed by atoms with Crippen LogP contribution in [-0.4, -0.2) is 46.5 Å². The summed E-state index contributed by atoms with van der Waals surface area (Å²) in [5.41, 5.74) is 3.45. The number of aryl methyl sites for hydroxylation is 2. The van der Waals surface area contributed by atoms with Crippen LogP contribution in [-0.2, 0) is 11.8 Å². The van der Waals surface area contributed by atoms with Crippen molar-refractivity contribution in [2.24, 2.45) is 13.0 Å². The highest BCUT2D eigenvalue weighted by Crippen LogP contribution is 2.22. The Hall–Kier alpha value is -3.07. The maximum absolute atomic E-state index is 12.9. The third-order valence-corrected chi connectivity index (χ3v) is 6.44. The molecule has 3 rings (SSSR count). The summed E-state index contributed by atoms with van der Waals surface area (Å²) >= 11 is 1.59. The highest BCUT2D eigenvalue weighted by Gasteiger charge is 2.07. The average molecular weight is 562 g/mol. The Morgan fingerprint density at radius 1 is 1.13 bits per heavy atom. The highest BCUT2D eigenvalue weighted by molar-refractivity contribution is 7.14. The molecule has 2 unspecified atom stereocenters. The topological polar surface area (TPSA) is 88.9 Å². The van der Waals surface area contributed by atoms with Crippen molar-refractivity contribution in [3.8, 4) is 11.4 Å². The predicted octanol–water partition coefficient (Wildman–Crippen LogP) is 7.49. The fourth-order valence-corrected chi connectivity index (χ4v) is 3.86. The Morgan fingerprint density at radius 2 is 1.85 bits per heavy atom. The quantitative estimate of drug-likeness (QED) is 0.237. The number of carbonyl (C=O) groups is 2. The van der Waals surface area contributed by atoms with Gasteiger partial charge in [-0.25, -0.2) is 9.37 Å². The Balaban J connectivity index is 0.000000543. The number of nitrogens with zero attached hydrogens (tertiary/aromatic N) is 3. The van der Waals surface area contributed by atoms with Crippen LogP contribution in [0.5, 0.6) is 0 Å². The van der Waals surface area contributed by atoms with Gasteiger partial charge in [0.2, 0.25) is 0 Å². The lowest BCUT2D eigenvalue weighted by molar-refractivity contribution is -0.107. The fourth-order valence-electron chi connectivity index (χ4n) is 3.19. The van der Waals surface area contributed by atoms with Crippen molar-refractivity contribution in [1.82, 2.24) is 19.9 Å². The lowest BCUT2D eigenvalue weighted by atomic mass is 9.99. The zero-order chi connectivity index (χ0) is 29.6. The first-order valence-electron chi connectivity index (χ1n) is 13.8. The van der Waals surface area contributed by atoms with E-state index in [0.29, 0.717) is 17.8 Å². The predicted molar refractivity (Wildman–Crippen MR) is 163 cm³/mol. The molecule has 0 aliphatic rings. The van der Waals surface area contributed by atoms with Gasteiger partial charge in [-0.2, -0.15) is 0 Å². The van der Waals surface area contributed by atoms with E-state index < -0.39 is 6.17 Å². The van der Waals surface area contributed by atoms with Crippen LogP contribution < -0.4 is 10.6 Å². The molecule has 0 aliphatic heterocycles. The van der Waals surface area contributed by atoms with Crippen LogP contribution in [0.3, 0.4) is 0 Å². The molecule has 0 aromatic carbocycles. The third-order valence-electron chi connectivity index (χ3n) is 5.58. The van der Waals surface area contributed by atoms with Crippen molar-refractivity contribution >= 4 is 28.7 Å². The van der Waals surface area contributed by atoms with Crippen LogP contribution in [0.1, 0.15) is 82.8 Å². The lowest BCUT2D eigenvalue weighted by Gasteiger charge is -2.10. The monoisotopic (exact) mass is 561 g/mol. The van der Waals surface area contributed by atoms with Gasteiger partial charge < -0.3 is 20.0 Å². The number of pyridine rings is 1. The molecule has 0 spiro atoms. The molecule has 0 bridgehead atoms. The van der Waals surface area contributed by atoms with Crippen LogP contribution in [0.25, 0.3) is 11.4 Å². The molecular weight excluding hydrogens is 513 g/mol. The first kappa shape index (κ1) is 35.9. The number of amides is 1. The minimum Gasteiger partial charge on any atom is -0.365 e. The van der Waals surface area contributed by atoms with Crippen molar-refractivity contribution in [2.45, 2.75) is 79.8 Å². The van der Waals surface area contributed by atoms with E-state index in [9.17, 15) is 14.0 Å². The molecule has 0 saturated carbocycles. The van der Waals surface area contributed by atoms with Crippen molar-refractivity contribution in [3.05, 3.63) is 53.3 Å². The van der Waals surface area contributed by atoms with E-state index in [4.69, 9.17) is 0 Å². The van der Waals surface area contributed by atoms with Gasteiger partial charge in [-0.3, -0.25) is 9.78 Å². The summed E-state index contributed by atoms with van der Waals surface area (Å²) < 4.78 is 14.7. The number of hydrogen-bond donors (Lipinski definition) is 2. The van der Waals surface area contributed by atoms with Crippen molar-refractivity contribution in [3.63, 3.8) is 0 Å². The number of thiazole rings is 1. The first-order chi connectivity index (χ1) is 18.7. The molecule has 0 saturated heterocycles. The smallest absolute Gasteiger partial charge is 0.253 e. The molecule has 7 nitrogen and oxygen atoms in total. The number of nitrogens with one attached hydrogen (secondary N) is 2. The van der Waals surface area contributed by atoms with E-state index in [1.54, 1.807) is 34.4 Å². The Kier molecular flexibility index (Phi) is 20.1. The van der Waals surface area contributed by atoms with E-state index in [2.05, 4.69) is 34.4 Å². The van der Waals surface area contributed by atoms with Crippen LogP contribution in [0, 0.1) is 12.8 Å². The molecule has 0 radical (unpaired) electrons. The minimum absolute atomic E-state index is 0.0632. The molecular formula is C30H48FN5O2S. The van der Waals surface area contributed by atoms with E-state index >= 15 is 0 Å². The highest BCUT2D eigenvalue weighted by atomic mass is 32.1. The number of hydrogen-bond acceptors (Lipinski definition) is 6. The van der Waals surface area contributed by atoms with E-state index in [-0.39, 0.29) is 12.5 Å². The molecule has 218 valence electrons. The van der Waals surface area contributed by atoms with Crippen LogP contribution in [0.2, 0.25) is 0 Å². The zero-order valence-corrected chi connectivity index (χ0v) is 25.8. The van der Waals surface area contributed by atoms with Gasteiger partial charge in [-0.15, -0.1) is 11.3 Å². The van der Waals surface area contributed by atoms with Gasteiger partial charge in [0, 0.05) is 37.6 Å². The molecule has 0 aliphatic carbocycles. The van der Waals surface area contributed by atoms with Gasteiger partial charge in [0.25, 0.3) is 5.91 Å². The first-order valence-corrected chi connectivity index (χ1v) is 14.7. The second-order valence-electron chi connectivity index (χ2n) is 8.87. The summed E-state index contributed by atoms with van der Waals surface area (Å²) in [6, 6.07) is 7.65. The van der Waals surface area contributed by atoms with Crippen molar-refractivity contribution < 1.29 is 14.0 Å². The summed E-state index contributed by atoms with van der Waals surface area (Å²) in [5.74, 6) is 0.479. The van der Waals surface area contributed by atoms with E-state index in [1.807, 2.05) is 65.4 Å². The van der Waals surface area contributed by atoms with Crippen molar-refractivity contribution in [2.75, 3.05) is 18.9 Å². The lowest BCUT2D eigenvalue weighted by Crippen LogP contribution is -2.24. The number of halogens is 1. The van der Waals surface area contributed by atoms with Gasteiger partial charge in [0.15, 0.2) is 5.13 Å². The standard InChI is InChI=1S/C10H21F.C10H11N3S.C8H10N2O2.C2H6/c1-4-6-10(11)8-7-9(3)5-2;1-7-4-3-5-8(12-7)9-6-14-10(11-2)13-9;1-10-4-2-7(6-10)8(12)9-3-5-11;1-2/h9-10H,4-8H2,1-3H3;3-6H,1-2H3,(H,11,13);2,4-6H,3H2,1H3,(H,9,12);1-2H3. The average Bonchev–Trinajstić information content (AvgIpc) is 3.62. The molecule has 3 aromatic heterocycles. The largest absolute Gasteiger partial charge is 0.365 e. The maximum atomic E-state index is 12.9. The molecule has 9 heteroatoms. The van der Waals surface area contributed by atoms with Gasteiger partial charge >= 0.3 is 0 Å². The fraction of sp³-hybridized carbons (Fsp3) is 0.533. The number of aldehydes is 1. The summed E-state index contributed by atoms with van der Waals surface area (Å²) in [6.07, 6.45) is 8.29. The van der Waals surface area contributed by atoms with E-state index in [0.717, 1.165) is 47.9 Å². The molecule has 2 N–H and O–H groups in total. The number of carbonyl (C=O) groups excluding carboxylic acids is 2. The second kappa shape index (κ2) is 21.8. The Bertz CT molecular complexity index is 1050. The number of alkyl halides is 1. The van der Waals surface area contributed by atoms with Gasteiger partial charge in [-0.1, -0.05) is 53.5 Å². The molecule has 2 atom stereocenters. The summed E-state index contributed by atoms with van der Waals surface area (Å²) in [5, 5.41) is 8.38. The molecule has 3 aromatic rings. The van der Waals surface area contributed by atoms with Crippen LogP contribution in [0.15, 0.2) is 42.0 Å². The summed E-state index contributed by atoms with van der Waals surface area (Å²) in [6.45, 7) is 12.4. The maximum Gasteiger partial charge on any atom is 0.253 e. The molecule has 0 fully saturated rings. The molecule has 1 amide bonds. The molecule has 3 heterocycles. The minimum atomic E-state index is -0.547. The Morgan fingerprint density at radius 3 is 2.36 bits per heavy atom. The van der Waals surface area contributed by atoms with Gasteiger partial charge in [-0.05, 0) is 50.3 Å². The molecule has 39 heavy (non-hydrogen) atoms. The third kappa shape index (κ3) is 15.8. The SMILES string of the molecule is CC.CCCC(F)CCC(C)CC.CNc1nc(-c2cccc(C)n2)cs1.Cn1ccc(C(=O)NCC=O)c1. The summed E-state index contributed by atoms with van der Waals surface area (Å²) in [7, 11) is 3.70. The van der Waals surface area contributed by atoms with Gasteiger partial charge in [0.1, 0.15) is 18.2 Å². The zero-order valence-electron chi connectivity index (χ0n) is 25.0. The van der Waals surface area contributed by atoms with E-state index in [1.165, 1.54) is 6.42 Å².